The van der Waals surface area contributed by atoms with Crippen LogP contribution in [0.2, 0.25) is 0 Å². The molecule has 0 bridgehead atoms. The molecule has 1 aliphatic rings. The van der Waals surface area contributed by atoms with Crippen molar-refractivity contribution in [3.05, 3.63) is 29.8 Å². The van der Waals surface area contributed by atoms with Gasteiger partial charge < -0.3 is 15.4 Å². The van der Waals surface area contributed by atoms with Crippen molar-refractivity contribution in [1.82, 2.24) is 10.6 Å². The van der Waals surface area contributed by atoms with Gasteiger partial charge in [0.25, 0.3) is 0 Å². The van der Waals surface area contributed by atoms with Crippen molar-refractivity contribution in [3.63, 3.8) is 0 Å². The van der Waals surface area contributed by atoms with Crippen LogP contribution in [0, 0.1) is 0 Å². The summed E-state index contributed by atoms with van der Waals surface area (Å²) in [5.41, 5.74) is 0.943. The molecule has 0 spiro atoms. The third kappa shape index (κ3) is 4.74. The zero-order valence-electron chi connectivity index (χ0n) is 13.0. The van der Waals surface area contributed by atoms with E-state index < -0.39 is 0 Å². The van der Waals surface area contributed by atoms with Crippen LogP contribution in [0.3, 0.4) is 0 Å². The van der Waals surface area contributed by atoms with E-state index in [1.54, 1.807) is 7.11 Å². The minimum atomic E-state index is 0.0893. The molecule has 0 radical (unpaired) electrons. The third-order valence-electron chi connectivity index (χ3n) is 4.13. The minimum Gasteiger partial charge on any atom is -0.496 e. The first-order valence-electron chi connectivity index (χ1n) is 7.87. The monoisotopic (exact) mass is 290 g/mol. The Hall–Kier alpha value is -1.55. The molecule has 0 aromatic heterocycles. The smallest absolute Gasteiger partial charge is 0.224 e. The quantitative estimate of drug-likeness (QED) is 0.845. The van der Waals surface area contributed by atoms with Gasteiger partial charge in [-0.2, -0.15) is 0 Å². The Bertz CT molecular complexity index is 454. The van der Waals surface area contributed by atoms with Crippen LogP contribution in [-0.4, -0.2) is 31.6 Å². The lowest BCUT2D eigenvalue weighted by Gasteiger charge is -2.29. The maximum atomic E-state index is 12.2. The van der Waals surface area contributed by atoms with Gasteiger partial charge in [0.1, 0.15) is 5.75 Å². The number of methoxy groups -OCH3 is 1. The summed E-state index contributed by atoms with van der Waals surface area (Å²) < 4.78 is 5.29. The number of rotatable bonds is 6. The number of para-hydroxylation sites is 1. The van der Waals surface area contributed by atoms with Crippen molar-refractivity contribution in [2.45, 2.75) is 51.1 Å². The van der Waals surface area contributed by atoms with Gasteiger partial charge in [-0.25, -0.2) is 0 Å². The van der Waals surface area contributed by atoms with E-state index in [0.29, 0.717) is 18.5 Å². The Kier molecular flexibility index (Phi) is 6.05. The average Bonchev–Trinajstić information content (AvgIpc) is 2.50. The van der Waals surface area contributed by atoms with Crippen LogP contribution in [0.15, 0.2) is 24.3 Å². The predicted molar refractivity (Wildman–Crippen MR) is 84.6 cm³/mol. The first-order valence-corrected chi connectivity index (χ1v) is 7.87. The van der Waals surface area contributed by atoms with E-state index in [1.807, 2.05) is 24.3 Å². The molecule has 4 heteroatoms. The van der Waals surface area contributed by atoms with Crippen molar-refractivity contribution in [2.24, 2.45) is 0 Å². The van der Waals surface area contributed by atoms with Crippen molar-refractivity contribution in [1.29, 1.82) is 0 Å². The summed E-state index contributed by atoms with van der Waals surface area (Å²) in [6, 6.07) is 8.64. The van der Waals surface area contributed by atoms with Gasteiger partial charge in [0.15, 0.2) is 0 Å². The number of benzene rings is 1. The number of carbonyl (C=O) groups excluding carboxylic acids is 1. The number of nitrogens with one attached hydrogen (secondary N) is 2. The highest BCUT2D eigenvalue weighted by atomic mass is 16.5. The van der Waals surface area contributed by atoms with Crippen LogP contribution < -0.4 is 15.4 Å². The largest absolute Gasteiger partial charge is 0.496 e. The van der Waals surface area contributed by atoms with E-state index in [2.05, 4.69) is 17.6 Å². The van der Waals surface area contributed by atoms with E-state index in [4.69, 9.17) is 4.74 Å². The van der Waals surface area contributed by atoms with Gasteiger partial charge in [-0.3, -0.25) is 4.79 Å². The van der Waals surface area contributed by atoms with Gasteiger partial charge >= 0.3 is 0 Å². The Balaban J connectivity index is 1.80. The highest BCUT2D eigenvalue weighted by Gasteiger charge is 2.21. The zero-order chi connectivity index (χ0) is 15.1. The van der Waals surface area contributed by atoms with E-state index >= 15 is 0 Å². The second kappa shape index (κ2) is 8.03. The Morgan fingerprint density at radius 1 is 1.19 bits per heavy atom. The van der Waals surface area contributed by atoms with Crippen molar-refractivity contribution in [3.8, 4) is 5.75 Å². The summed E-state index contributed by atoms with van der Waals surface area (Å²) in [7, 11) is 1.64. The molecule has 1 fully saturated rings. The van der Waals surface area contributed by atoms with E-state index in [9.17, 15) is 4.79 Å². The normalized spacial score (nSPS) is 21.8. The second-order valence-electron chi connectivity index (χ2n) is 5.66. The topological polar surface area (TPSA) is 50.4 Å². The lowest BCUT2D eigenvalue weighted by atomic mass is 9.91. The second-order valence-corrected chi connectivity index (χ2v) is 5.66. The number of carbonyl (C=O) groups is 1. The number of hydrogen-bond acceptors (Lipinski definition) is 3. The third-order valence-corrected chi connectivity index (χ3v) is 4.13. The van der Waals surface area contributed by atoms with Gasteiger partial charge in [0.05, 0.1) is 13.5 Å². The van der Waals surface area contributed by atoms with Gasteiger partial charge in [-0.05, 0) is 38.3 Å². The molecule has 116 valence electrons. The maximum absolute atomic E-state index is 12.2. The Morgan fingerprint density at radius 2 is 1.86 bits per heavy atom. The minimum absolute atomic E-state index is 0.0893. The van der Waals surface area contributed by atoms with Crippen molar-refractivity contribution in [2.75, 3.05) is 13.7 Å². The summed E-state index contributed by atoms with van der Waals surface area (Å²) in [6.45, 7) is 3.16. The molecule has 0 atom stereocenters. The Morgan fingerprint density at radius 3 is 2.52 bits per heavy atom. The molecule has 0 saturated heterocycles. The molecule has 2 N–H and O–H groups in total. The SMILES string of the molecule is CCNC1CCC(NC(=O)Cc2ccccc2OC)CC1. The highest BCUT2D eigenvalue weighted by molar-refractivity contribution is 5.79. The lowest BCUT2D eigenvalue weighted by molar-refractivity contribution is -0.121. The Labute approximate surface area is 127 Å². The first kappa shape index (κ1) is 15.8. The number of amides is 1. The van der Waals surface area contributed by atoms with Crippen LogP contribution in [0.25, 0.3) is 0 Å². The van der Waals surface area contributed by atoms with Crippen LogP contribution >= 0.6 is 0 Å². The van der Waals surface area contributed by atoms with E-state index in [0.717, 1.165) is 43.5 Å². The number of ether oxygens (including phenoxy) is 1. The molecular formula is C17H26N2O2. The lowest BCUT2D eigenvalue weighted by Crippen LogP contribution is -2.42. The van der Waals surface area contributed by atoms with Gasteiger partial charge in [0.2, 0.25) is 5.91 Å². The molecular weight excluding hydrogens is 264 g/mol. The summed E-state index contributed by atoms with van der Waals surface area (Å²) in [4.78, 5) is 12.2. The van der Waals surface area contributed by atoms with Crippen LogP contribution in [0.5, 0.6) is 5.75 Å². The summed E-state index contributed by atoms with van der Waals surface area (Å²) in [6.07, 6.45) is 4.81. The summed E-state index contributed by atoms with van der Waals surface area (Å²) >= 11 is 0. The summed E-state index contributed by atoms with van der Waals surface area (Å²) in [5, 5.41) is 6.64. The molecule has 21 heavy (non-hydrogen) atoms. The van der Waals surface area contributed by atoms with Crippen LogP contribution in [0.4, 0.5) is 0 Å². The van der Waals surface area contributed by atoms with Crippen molar-refractivity contribution < 1.29 is 9.53 Å². The predicted octanol–water partition coefficient (Wildman–Crippen LogP) is 2.27. The van der Waals surface area contributed by atoms with Crippen LogP contribution in [0.1, 0.15) is 38.2 Å². The standard InChI is InChI=1S/C17H26N2O2/c1-3-18-14-8-10-15(11-9-14)19-17(20)12-13-6-4-5-7-16(13)21-2/h4-7,14-15,18H,3,8-12H2,1-2H3,(H,19,20). The number of hydrogen-bond donors (Lipinski definition) is 2. The van der Waals surface area contributed by atoms with Gasteiger partial charge in [-0.15, -0.1) is 0 Å². The first-order chi connectivity index (χ1) is 10.2. The fraction of sp³-hybridized carbons (Fsp3) is 0.588. The average molecular weight is 290 g/mol. The maximum Gasteiger partial charge on any atom is 0.224 e. The molecule has 1 aliphatic carbocycles. The molecule has 1 saturated carbocycles. The fourth-order valence-electron chi connectivity index (χ4n) is 3.03. The molecule has 1 amide bonds. The molecule has 0 heterocycles. The van der Waals surface area contributed by atoms with E-state index in [1.165, 1.54) is 0 Å². The zero-order valence-corrected chi connectivity index (χ0v) is 13.0. The molecule has 0 unspecified atom stereocenters. The van der Waals surface area contributed by atoms with Gasteiger partial charge in [0, 0.05) is 17.6 Å². The molecule has 1 aromatic rings. The van der Waals surface area contributed by atoms with Crippen LogP contribution in [-0.2, 0) is 11.2 Å². The van der Waals surface area contributed by atoms with Crippen molar-refractivity contribution >= 4 is 5.91 Å². The highest BCUT2D eigenvalue weighted by Crippen LogP contribution is 2.20. The molecule has 4 nitrogen and oxygen atoms in total. The van der Waals surface area contributed by atoms with Gasteiger partial charge in [-0.1, -0.05) is 25.1 Å². The fourth-order valence-corrected chi connectivity index (χ4v) is 3.03. The molecule has 0 aliphatic heterocycles. The molecule has 2 rings (SSSR count). The van der Waals surface area contributed by atoms with E-state index in [-0.39, 0.29) is 5.91 Å². The molecule has 1 aromatic carbocycles. The summed E-state index contributed by atoms with van der Waals surface area (Å²) in [5.74, 6) is 0.870.